The van der Waals surface area contributed by atoms with Gasteiger partial charge in [-0.15, -0.1) is 0 Å². The Kier molecular flexibility index (Phi) is 4.23. The van der Waals surface area contributed by atoms with Gasteiger partial charge in [0.05, 0.1) is 0 Å². The molecule has 0 fully saturated rings. The lowest BCUT2D eigenvalue weighted by Gasteiger charge is -2.09. The Bertz CT molecular complexity index is 150. The molecule has 5 heteroatoms. The summed E-state index contributed by atoms with van der Waals surface area (Å²) in [6.07, 6.45) is -7.09. The molecule has 0 rings (SSSR count). The molecule has 0 aliphatic rings. The molecule has 0 aliphatic heterocycles. The number of aliphatic hydroxyl groups is 1. The molecule has 0 aromatic carbocycles. The molecule has 1 N–H and O–H groups in total. The summed E-state index contributed by atoms with van der Waals surface area (Å²) in [5, 5.41) is 8.09. The van der Waals surface area contributed by atoms with Crippen LogP contribution in [0.1, 0.15) is 19.3 Å². The Hall–Kier alpha value is -0.580. The molecule has 0 aliphatic carbocycles. The van der Waals surface area contributed by atoms with Gasteiger partial charge in [0.1, 0.15) is 0 Å². The van der Waals surface area contributed by atoms with Crippen LogP contribution in [0.4, 0.5) is 17.6 Å². The van der Waals surface area contributed by atoms with Crippen molar-refractivity contribution in [2.24, 2.45) is 0 Å². The summed E-state index contributed by atoms with van der Waals surface area (Å²) >= 11 is 0. The highest BCUT2D eigenvalue weighted by Crippen LogP contribution is 2.27. The second-order valence-electron chi connectivity index (χ2n) is 2.43. The predicted octanol–water partition coefficient (Wildman–Crippen LogP) is 2.56. The zero-order chi connectivity index (χ0) is 9.78. The predicted molar refractivity (Wildman–Crippen MR) is 36.2 cm³/mol. The van der Waals surface area contributed by atoms with E-state index in [4.69, 9.17) is 5.11 Å². The normalized spacial score (nSPS) is 14.4. The summed E-state index contributed by atoms with van der Waals surface area (Å²) in [5.41, 5.74) is -0.886. The number of alkyl halides is 4. The van der Waals surface area contributed by atoms with Crippen molar-refractivity contribution in [1.82, 2.24) is 0 Å². The van der Waals surface area contributed by atoms with Gasteiger partial charge in [-0.2, -0.15) is 13.2 Å². The van der Waals surface area contributed by atoms with Crippen molar-refractivity contribution in [3.63, 3.8) is 0 Å². The lowest BCUT2D eigenvalue weighted by Crippen LogP contribution is -2.11. The van der Waals surface area contributed by atoms with Gasteiger partial charge in [0.2, 0.25) is 0 Å². The van der Waals surface area contributed by atoms with Crippen molar-refractivity contribution in [2.75, 3.05) is 0 Å². The fraction of sp³-hybridized carbons (Fsp3) is 0.714. The first-order valence-electron chi connectivity index (χ1n) is 3.41. The van der Waals surface area contributed by atoms with E-state index in [2.05, 4.69) is 6.58 Å². The Morgan fingerprint density at radius 1 is 1.42 bits per heavy atom. The van der Waals surface area contributed by atoms with E-state index in [9.17, 15) is 17.6 Å². The van der Waals surface area contributed by atoms with Crippen LogP contribution in [0.3, 0.4) is 0 Å². The molecule has 0 saturated carbocycles. The van der Waals surface area contributed by atoms with Crippen LogP contribution in [-0.2, 0) is 0 Å². The highest BCUT2D eigenvalue weighted by molar-refractivity contribution is 5.01. The second-order valence-corrected chi connectivity index (χ2v) is 2.43. The first kappa shape index (κ1) is 11.4. The average Bonchev–Trinajstić information content (AvgIpc) is 1.84. The Labute approximate surface area is 67.7 Å². The van der Waals surface area contributed by atoms with Gasteiger partial charge in [0.25, 0.3) is 0 Å². The van der Waals surface area contributed by atoms with E-state index >= 15 is 0 Å². The summed E-state index contributed by atoms with van der Waals surface area (Å²) in [7, 11) is 0. The van der Waals surface area contributed by atoms with Gasteiger partial charge in [0, 0.05) is 12.0 Å². The molecule has 0 saturated heterocycles. The minimum Gasteiger partial charge on any atom is -0.364 e. The molecule has 0 aromatic heterocycles. The Balaban J connectivity index is 3.59. The van der Waals surface area contributed by atoms with Crippen LogP contribution in [0.25, 0.3) is 0 Å². The van der Waals surface area contributed by atoms with E-state index in [-0.39, 0.29) is 19.3 Å². The Morgan fingerprint density at radius 2 is 1.92 bits per heavy atom. The Morgan fingerprint density at radius 3 is 2.25 bits per heavy atom. The van der Waals surface area contributed by atoms with E-state index in [1.165, 1.54) is 0 Å². The molecule has 1 unspecified atom stereocenters. The summed E-state index contributed by atoms with van der Waals surface area (Å²) in [4.78, 5) is 0. The van der Waals surface area contributed by atoms with Gasteiger partial charge in [-0.05, 0) is 12.8 Å². The van der Waals surface area contributed by atoms with Crippen molar-refractivity contribution in [3.05, 3.63) is 12.2 Å². The van der Waals surface area contributed by atoms with Gasteiger partial charge in [-0.25, -0.2) is 4.39 Å². The van der Waals surface area contributed by atoms with E-state index in [0.717, 1.165) is 0 Å². The summed E-state index contributed by atoms with van der Waals surface area (Å²) in [5.74, 6) is 0. The largest absolute Gasteiger partial charge is 0.412 e. The number of aliphatic hydroxyl groups excluding tert-OH is 1. The molecular weight excluding hydrogens is 176 g/mol. The number of halogens is 4. The number of rotatable bonds is 4. The van der Waals surface area contributed by atoms with Crippen LogP contribution in [0, 0.1) is 0 Å². The third-order valence-electron chi connectivity index (χ3n) is 1.32. The molecular formula is C7H10F4O. The zero-order valence-corrected chi connectivity index (χ0v) is 6.36. The smallest absolute Gasteiger partial charge is 0.364 e. The van der Waals surface area contributed by atoms with Gasteiger partial charge in [-0.3, -0.25) is 0 Å². The molecule has 12 heavy (non-hydrogen) atoms. The summed E-state index contributed by atoms with van der Waals surface area (Å²) in [6.45, 7) is 2.79. The maximum absolute atomic E-state index is 11.7. The zero-order valence-electron chi connectivity index (χ0n) is 6.36. The van der Waals surface area contributed by atoms with Crippen LogP contribution in [0.2, 0.25) is 0 Å². The van der Waals surface area contributed by atoms with E-state index in [0.29, 0.717) is 0 Å². The van der Waals surface area contributed by atoms with Gasteiger partial charge in [0.15, 0.2) is 6.36 Å². The highest BCUT2D eigenvalue weighted by Gasteiger charge is 2.30. The maximum Gasteiger partial charge on any atom is 0.412 e. The molecule has 0 radical (unpaired) electrons. The van der Waals surface area contributed by atoms with Gasteiger partial charge in [-0.1, -0.05) is 6.58 Å². The number of hydrogen-bond acceptors (Lipinski definition) is 1. The molecule has 0 amide bonds. The fourth-order valence-corrected chi connectivity index (χ4v) is 0.626. The van der Waals surface area contributed by atoms with Crippen molar-refractivity contribution in [2.45, 2.75) is 31.8 Å². The van der Waals surface area contributed by atoms with E-state index in [1.54, 1.807) is 0 Å². The monoisotopic (exact) mass is 186 g/mol. The van der Waals surface area contributed by atoms with Crippen LogP contribution in [-0.4, -0.2) is 17.6 Å². The van der Waals surface area contributed by atoms with Crippen molar-refractivity contribution in [1.29, 1.82) is 0 Å². The minimum atomic E-state index is -4.40. The molecule has 1 atom stereocenters. The number of allylic oxidation sites excluding steroid dienone is 1. The SMILES string of the molecule is C=C(CCCC(O)F)C(F)(F)F. The third kappa shape index (κ3) is 5.12. The summed E-state index contributed by atoms with van der Waals surface area (Å²) in [6, 6.07) is 0. The van der Waals surface area contributed by atoms with Gasteiger partial charge < -0.3 is 5.11 Å². The lowest BCUT2D eigenvalue weighted by molar-refractivity contribution is -0.0942. The standard InChI is InChI=1S/C7H10F4O/c1-5(7(9,10)11)3-2-4-6(8)12/h6,12H,1-4H2. The quantitative estimate of drug-likeness (QED) is 0.528. The van der Waals surface area contributed by atoms with Crippen LogP contribution < -0.4 is 0 Å². The van der Waals surface area contributed by atoms with Crippen LogP contribution in [0.5, 0.6) is 0 Å². The second kappa shape index (κ2) is 4.45. The minimum absolute atomic E-state index is 0.0456. The van der Waals surface area contributed by atoms with Crippen molar-refractivity contribution >= 4 is 0 Å². The first-order chi connectivity index (χ1) is 5.34. The first-order valence-corrected chi connectivity index (χ1v) is 3.41. The molecule has 1 nitrogen and oxygen atoms in total. The van der Waals surface area contributed by atoms with Crippen LogP contribution in [0.15, 0.2) is 12.2 Å². The molecule has 0 aromatic rings. The summed E-state index contributed by atoms with van der Waals surface area (Å²) < 4.78 is 46.8. The molecule has 0 bridgehead atoms. The lowest BCUT2D eigenvalue weighted by atomic mass is 10.1. The third-order valence-corrected chi connectivity index (χ3v) is 1.32. The molecule has 0 spiro atoms. The molecule has 0 heterocycles. The van der Waals surface area contributed by atoms with E-state index < -0.39 is 18.1 Å². The average molecular weight is 186 g/mol. The topological polar surface area (TPSA) is 20.2 Å². The fourth-order valence-electron chi connectivity index (χ4n) is 0.626. The van der Waals surface area contributed by atoms with Crippen molar-refractivity contribution in [3.8, 4) is 0 Å². The van der Waals surface area contributed by atoms with Crippen molar-refractivity contribution < 1.29 is 22.7 Å². The molecule has 72 valence electrons. The number of hydrogen-bond donors (Lipinski definition) is 1. The van der Waals surface area contributed by atoms with Gasteiger partial charge >= 0.3 is 6.18 Å². The van der Waals surface area contributed by atoms with Crippen LogP contribution >= 0.6 is 0 Å². The van der Waals surface area contributed by atoms with E-state index in [1.807, 2.05) is 0 Å². The maximum atomic E-state index is 11.7. The highest BCUT2D eigenvalue weighted by atomic mass is 19.4.